The van der Waals surface area contributed by atoms with E-state index in [0.29, 0.717) is 17.6 Å². The lowest BCUT2D eigenvalue weighted by molar-refractivity contribution is -0.0504. The summed E-state index contributed by atoms with van der Waals surface area (Å²) in [4.78, 5) is 4.12. The van der Waals surface area contributed by atoms with E-state index < -0.39 is 6.61 Å². The highest BCUT2D eigenvalue weighted by Gasteiger charge is 2.21. The number of rotatable bonds is 5. The predicted molar refractivity (Wildman–Crippen MR) is 72.3 cm³/mol. The summed E-state index contributed by atoms with van der Waals surface area (Å²) in [6.07, 6.45) is 2.18. The van der Waals surface area contributed by atoms with Crippen molar-refractivity contribution in [3.8, 4) is 5.75 Å². The Labute approximate surface area is 118 Å². The molecule has 0 saturated heterocycles. The number of benzene rings is 1. The molecule has 0 unspecified atom stereocenters. The Morgan fingerprint density at radius 3 is 2.89 bits per heavy atom. The van der Waals surface area contributed by atoms with Gasteiger partial charge in [0.25, 0.3) is 0 Å². The number of nitrogens with two attached hydrogens (primary N) is 1. The monoisotopic (exact) mass is 333 g/mol. The average molecular weight is 334 g/mol. The van der Waals surface area contributed by atoms with Crippen LogP contribution < -0.4 is 15.8 Å². The molecular weight excluding hydrogens is 320 g/mol. The first kappa shape index (κ1) is 14.0. The van der Waals surface area contributed by atoms with Crippen molar-refractivity contribution in [3.05, 3.63) is 28.2 Å². The molecule has 0 aliphatic heterocycles. The number of alkyl halides is 2. The molecule has 0 atom stereocenters. The minimum atomic E-state index is -2.86. The Morgan fingerprint density at radius 1 is 1.53 bits per heavy atom. The van der Waals surface area contributed by atoms with Crippen molar-refractivity contribution in [3.63, 3.8) is 0 Å². The standard InChI is InChI=1S/C12H14BrF2N3O/c13-8-1-4-10(19-11(14)15)7(5-8)6-17-12(16)18-9-2-3-9/h1,4-5,9,11H,2-3,6H2,(H3,16,17,18). The molecule has 0 amide bonds. The van der Waals surface area contributed by atoms with Crippen molar-refractivity contribution in [2.24, 2.45) is 10.7 Å². The smallest absolute Gasteiger partial charge is 0.387 e. The van der Waals surface area contributed by atoms with Gasteiger partial charge < -0.3 is 15.8 Å². The lowest BCUT2D eigenvalue weighted by Gasteiger charge is -2.10. The van der Waals surface area contributed by atoms with Crippen molar-refractivity contribution in [1.82, 2.24) is 5.32 Å². The van der Waals surface area contributed by atoms with Crippen LogP contribution in [0.1, 0.15) is 18.4 Å². The van der Waals surface area contributed by atoms with Crippen LogP contribution in [0.2, 0.25) is 0 Å². The first-order valence-electron chi connectivity index (χ1n) is 5.84. The Bertz CT molecular complexity index is 478. The molecule has 1 aromatic rings. The maximum absolute atomic E-state index is 12.3. The van der Waals surface area contributed by atoms with Gasteiger partial charge in [-0.15, -0.1) is 0 Å². The molecule has 1 fully saturated rings. The third kappa shape index (κ3) is 4.66. The van der Waals surface area contributed by atoms with Gasteiger partial charge in [0.05, 0.1) is 6.54 Å². The van der Waals surface area contributed by atoms with Crippen LogP contribution in [0.15, 0.2) is 27.7 Å². The molecule has 3 N–H and O–H groups in total. The van der Waals surface area contributed by atoms with E-state index in [1.807, 2.05) is 0 Å². The van der Waals surface area contributed by atoms with Crippen molar-refractivity contribution in [1.29, 1.82) is 0 Å². The van der Waals surface area contributed by atoms with Crippen LogP contribution >= 0.6 is 15.9 Å². The van der Waals surface area contributed by atoms with Gasteiger partial charge in [0.2, 0.25) is 0 Å². The fourth-order valence-electron chi connectivity index (χ4n) is 1.54. The quantitative estimate of drug-likeness (QED) is 0.643. The van der Waals surface area contributed by atoms with E-state index in [-0.39, 0.29) is 12.3 Å². The molecular formula is C12H14BrF2N3O. The van der Waals surface area contributed by atoms with E-state index in [1.165, 1.54) is 6.07 Å². The fourth-order valence-corrected chi connectivity index (χ4v) is 1.94. The molecule has 19 heavy (non-hydrogen) atoms. The SMILES string of the molecule is NC(=NCc1cc(Br)ccc1OC(F)F)NC1CC1. The Morgan fingerprint density at radius 2 is 2.26 bits per heavy atom. The summed E-state index contributed by atoms with van der Waals surface area (Å²) in [6.45, 7) is -2.67. The number of nitrogens with zero attached hydrogens (tertiary/aromatic N) is 1. The van der Waals surface area contributed by atoms with Gasteiger partial charge in [-0.2, -0.15) is 8.78 Å². The van der Waals surface area contributed by atoms with Gasteiger partial charge in [0.15, 0.2) is 5.96 Å². The summed E-state index contributed by atoms with van der Waals surface area (Å²) >= 11 is 3.28. The number of nitrogens with one attached hydrogen (secondary N) is 1. The molecule has 1 aliphatic rings. The molecule has 4 nitrogen and oxygen atoms in total. The maximum atomic E-state index is 12.3. The maximum Gasteiger partial charge on any atom is 0.387 e. The lowest BCUT2D eigenvalue weighted by atomic mass is 10.2. The van der Waals surface area contributed by atoms with Gasteiger partial charge >= 0.3 is 6.61 Å². The lowest BCUT2D eigenvalue weighted by Crippen LogP contribution is -2.33. The van der Waals surface area contributed by atoms with E-state index >= 15 is 0 Å². The Balaban J connectivity index is 2.06. The van der Waals surface area contributed by atoms with Crippen molar-refractivity contribution in [2.45, 2.75) is 32.0 Å². The van der Waals surface area contributed by atoms with Crippen LogP contribution in [0.25, 0.3) is 0 Å². The topological polar surface area (TPSA) is 59.6 Å². The van der Waals surface area contributed by atoms with Crippen molar-refractivity contribution < 1.29 is 13.5 Å². The van der Waals surface area contributed by atoms with Gasteiger partial charge in [-0.05, 0) is 31.0 Å². The summed E-state index contributed by atoms with van der Waals surface area (Å²) in [7, 11) is 0. The second-order valence-electron chi connectivity index (χ2n) is 4.25. The molecule has 0 aromatic heterocycles. The number of halogens is 3. The fraction of sp³-hybridized carbons (Fsp3) is 0.417. The summed E-state index contributed by atoms with van der Waals surface area (Å²) in [6, 6.07) is 5.21. The first-order chi connectivity index (χ1) is 9.04. The molecule has 2 rings (SSSR count). The summed E-state index contributed by atoms with van der Waals surface area (Å²) in [5.41, 5.74) is 6.24. The van der Waals surface area contributed by atoms with E-state index in [9.17, 15) is 8.78 Å². The molecule has 0 radical (unpaired) electrons. The second-order valence-corrected chi connectivity index (χ2v) is 5.17. The third-order valence-corrected chi connectivity index (χ3v) is 3.08. The number of hydrogen-bond acceptors (Lipinski definition) is 2. The van der Waals surface area contributed by atoms with E-state index in [2.05, 4.69) is 31.0 Å². The molecule has 1 aliphatic carbocycles. The predicted octanol–water partition coefficient (Wildman–Crippen LogP) is 2.62. The van der Waals surface area contributed by atoms with Crippen molar-refractivity contribution >= 4 is 21.9 Å². The van der Waals surface area contributed by atoms with Crippen molar-refractivity contribution in [2.75, 3.05) is 0 Å². The highest BCUT2D eigenvalue weighted by molar-refractivity contribution is 9.10. The van der Waals surface area contributed by atoms with Gasteiger partial charge in [-0.3, -0.25) is 0 Å². The van der Waals surface area contributed by atoms with Crippen LogP contribution in [0.4, 0.5) is 8.78 Å². The third-order valence-electron chi connectivity index (χ3n) is 2.59. The van der Waals surface area contributed by atoms with Gasteiger partial charge in [-0.1, -0.05) is 15.9 Å². The average Bonchev–Trinajstić information content (AvgIpc) is 3.13. The number of aliphatic imine (C=N–C) groups is 1. The van der Waals surface area contributed by atoms with E-state index in [0.717, 1.165) is 17.3 Å². The number of ether oxygens (including phenoxy) is 1. The molecule has 0 heterocycles. The normalized spacial score (nSPS) is 15.7. The van der Waals surface area contributed by atoms with E-state index in [1.54, 1.807) is 12.1 Å². The Kier molecular flexibility index (Phi) is 4.57. The van der Waals surface area contributed by atoms with E-state index in [4.69, 9.17) is 5.73 Å². The van der Waals surface area contributed by atoms with Crippen LogP contribution in [0.3, 0.4) is 0 Å². The molecule has 104 valence electrons. The molecule has 1 aromatic carbocycles. The zero-order chi connectivity index (χ0) is 13.8. The molecule has 7 heteroatoms. The number of hydrogen-bond donors (Lipinski definition) is 2. The summed E-state index contributed by atoms with van der Waals surface area (Å²) < 4.78 is 29.8. The van der Waals surface area contributed by atoms with Gasteiger partial charge in [0.1, 0.15) is 5.75 Å². The Hall–Kier alpha value is -1.37. The number of guanidine groups is 1. The van der Waals surface area contributed by atoms with Crippen LogP contribution in [-0.2, 0) is 6.54 Å². The second kappa shape index (κ2) is 6.18. The highest BCUT2D eigenvalue weighted by atomic mass is 79.9. The highest BCUT2D eigenvalue weighted by Crippen LogP contribution is 2.25. The molecule has 1 saturated carbocycles. The first-order valence-corrected chi connectivity index (χ1v) is 6.63. The summed E-state index contributed by atoms with van der Waals surface area (Å²) in [5, 5.41) is 3.03. The molecule has 0 bridgehead atoms. The van der Waals surface area contributed by atoms with Crippen LogP contribution in [0.5, 0.6) is 5.75 Å². The zero-order valence-electron chi connectivity index (χ0n) is 10.1. The minimum absolute atomic E-state index is 0.112. The zero-order valence-corrected chi connectivity index (χ0v) is 11.7. The summed E-state index contributed by atoms with van der Waals surface area (Å²) in [5.74, 6) is 0.437. The van der Waals surface area contributed by atoms with Gasteiger partial charge in [-0.25, -0.2) is 4.99 Å². The van der Waals surface area contributed by atoms with Crippen LogP contribution in [0, 0.1) is 0 Å². The van der Waals surface area contributed by atoms with Gasteiger partial charge in [0, 0.05) is 16.1 Å². The van der Waals surface area contributed by atoms with Crippen LogP contribution in [-0.4, -0.2) is 18.6 Å². The largest absolute Gasteiger partial charge is 0.434 e. The molecule has 0 spiro atoms. The minimum Gasteiger partial charge on any atom is -0.434 e.